The molecule has 8 aromatic carbocycles. The van der Waals surface area contributed by atoms with Crippen LogP contribution in [0.5, 0.6) is 0 Å². The Morgan fingerprint density at radius 2 is 0.737 bits per heavy atom. The number of anilines is 3. The molecule has 1 unspecified atom stereocenters. The predicted molar refractivity (Wildman–Crippen MR) is 234 cm³/mol. The topological polar surface area (TPSA) is 3.24 Å². The van der Waals surface area contributed by atoms with Gasteiger partial charge in [-0.2, -0.15) is 0 Å². The molecule has 0 aliphatic heterocycles. The minimum Gasteiger partial charge on any atom is -0.310 e. The molecule has 0 N–H and O–H groups in total. The Morgan fingerprint density at radius 3 is 1.26 bits per heavy atom. The lowest BCUT2D eigenvalue weighted by molar-refractivity contribution is 0.780. The zero-order valence-electron chi connectivity index (χ0n) is 31.4. The molecule has 0 amide bonds. The molecule has 0 bridgehead atoms. The lowest BCUT2D eigenvalue weighted by atomic mass is 9.69. The highest BCUT2D eigenvalue weighted by atomic mass is 15.1. The molecule has 1 atom stereocenters. The third kappa shape index (κ3) is 3.80. The summed E-state index contributed by atoms with van der Waals surface area (Å²) in [5.74, 6) is 0. The summed E-state index contributed by atoms with van der Waals surface area (Å²) in [4.78, 5) is 2.49. The Balaban J connectivity index is 1.08. The summed E-state index contributed by atoms with van der Waals surface area (Å²) in [6, 6.07) is 71.1. The van der Waals surface area contributed by atoms with E-state index in [1.807, 2.05) is 0 Å². The van der Waals surface area contributed by atoms with Gasteiger partial charge in [0.2, 0.25) is 0 Å². The molecule has 0 heterocycles. The van der Waals surface area contributed by atoms with Crippen LogP contribution in [0.2, 0.25) is 0 Å². The van der Waals surface area contributed by atoms with Gasteiger partial charge in [0.15, 0.2) is 0 Å². The van der Waals surface area contributed by atoms with Crippen molar-refractivity contribution in [3.8, 4) is 33.4 Å². The minimum absolute atomic E-state index is 0.367. The SMILES string of the molecule is C1=CC2=C(CC1)c1ccccc1C21c2ccccc2-c2ccc(N(c3ccccc3)c3ccc4c(c3)C3(c5ccccc5-c5ccccc53)c3ccccc3-4)cc21. The van der Waals surface area contributed by atoms with Gasteiger partial charge < -0.3 is 4.90 Å². The van der Waals surface area contributed by atoms with Crippen molar-refractivity contribution in [1.29, 1.82) is 0 Å². The number of hydrogen-bond donors (Lipinski definition) is 0. The fourth-order valence-electron chi connectivity index (χ4n) is 11.7. The van der Waals surface area contributed by atoms with E-state index in [2.05, 4.69) is 205 Å². The van der Waals surface area contributed by atoms with Crippen LogP contribution < -0.4 is 4.90 Å². The van der Waals surface area contributed by atoms with Gasteiger partial charge in [-0.1, -0.05) is 164 Å². The molecular formula is C56H37N. The summed E-state index contributed by atoms with van der Waals surface area (Å²) in [6.07, 6.45) is 6.99. The molecule has 13 rings (SSSR count). The number of nitrogens with zero attached hydrogens (tertiary/aromatic N) is 1. The molecule has 0 fully saturated rings. The number of allylic oxidation sites excluding steroid dienone is 4. The largest absolute Gasteiger partial charge is 0.310 e. The summed E-state index contributed by atoms with van der Waals surface area (Å²) in [5.41, 5.74) is 24.6. The van der Waals surface area contributed by atoms with Gasteiger partial charge in [-0.3, -0.25) is 0 Å². The summed E-state index contributed by atoms with van der Waals surface area (Å²) >= 11 is 0. The van der Waals surface area contributed by atoms with Crippen LogP contribution in [0.1, 0.15) is 57.3 Å². The third-order valence-electron chi connectivity index (χ3n) is 13.8. The maximum absolute atomic E-state index is 2.52. The van der Waals surface area contributed by atoms with Crippen LogP contribution >= 0.6 is 0 Å². The maximum atomic E-state index is 2.52. The van der Waals surface area contributed by atoms with Gasteiger partial charge in [0.05, 0.1) is 10.8 Å². The molecule has 2 spiro atoms. The first-order valence-electron chi connectivity index (χ1n) is 20.3. The van der Waals surface area contributed by atoms with Crippen LogP contribution in [-0.2, 0) is 10.8 Å². The van der Waals surface area contributed by atoms with Crippen LogP contribution in [0.15, 0.2) is 206 Å². The van der Waals surface area contributed by atoms with Crippen molar-refractivity contribution in [2.75, 3.05) is 4.90 Å². The Kier molecular flexibility index (Phi) is 6.20. The molecule has 1 heteroatoms. The smallest absolute Gasteiger partial charge is 0.0726 e. The Hall–Kier alpha value is -6.96. The predicted octanol–water partition coefficient (Wildman–Crippen LogP) is 13.9. The molecule has 0 radical (unpaired) electrons. The molecule has 0 saturated carbocycles. The van der Waals surface area contributed by atoms with Gasteiger partial charge in [-0.25, -0.2) is 0 Å². The van der Waals surface area contributed by atoms with Crippen LogP contribution in [0.4, 0.5) is 17.1 Å². The highest BCUT2D eigenvalue weighted by molar-refractivity contribution is 5.99. The van der Waals surface area contributed by atoms with E-state index in [-0.39, 0.29) is 5.41 Å². The summed E-state index contributed by atoms with van der Waals surface area (Å²) in [7, 11) is 0. The number of rotatable bonds is 3. The van der Waals surface area contributed by atoms with Gasteiger partial charge in [0.1, 0.15) is 0 Å². The van der Waals surface area contributed by atoms with Gasteiger partial charge >= 0.3 is 0 Å². The molecule has 1 nitrogen and oxygen atoms in total. The van der Waals surface area contributed by atoms with Crippen molar-refractivity contribution >= 4 is 22.6 Å². The zero-order chi connectivity index (χ0) is 37.3. The van der Waals surface area contributed by atoms with E-state index in [0.717, 1.165) is 29.9 Å². The molecular weight excluding hydrogens is 687 g/mol. The Bertz CT molecular complexity index is 3020. The standard InChI is InChI=1S/C56H37N/c1-2-16-36(17-3-1)57(37-30-32-45-43-22-8-14-28-51(43)55(53(45)34-37)47-24-10-4-18-39(47)40-19-5-11-25-48(40)55)38-31-33-46-44-23-9-15-29-52(44)56(54(46)35-38)49-26-12-6-20-41(49)42-21-7-13-27-50(42)56/h1-6,8-20,22-35H,7,21H2. The van der Waals surface area contributed by atoms with E-state index < -0.39 is 5.41 Å². The van der Waals surface area contributed by atoms with Gasteiger partial charge in [-0.15, -0.1) is 0 Å². The monoisotopic (exact) mass is 723 g/mol. The van der Waals surface area contributed by atoms with Crippen LogP contribution in [0, 0.1) is 0 Å². The molecule has 5 aliphatic carbocycles. The molecule has 266 valence electrons. The number of fused-ring (bicyclic) bond motifs is 19. The van der Waals surface area contributed by atoms with Crippen molar-refractivity contribution in [3.63, 3.8) is 0 Å². The first-order chi connectivity index (χ1) is 28.3. The number of hydrogen-bond acceptors (Lipinski definition) is 1. The molecule has 0 aromatic heterocycles. The van der Waals surface area contributed by atoms with E-state index in [1.54, 1.807) is 0 Å². The first-order valence-corrected chi connectivity index (χ1v) is 20.3. The number of para-hydroxylation sites is 1. The number of benzene rings is 8. The highest BCUT2D eigenvalue weighted by Gasteiger charge is 2.54. The summed E-state index contributed by atoms with van der Waals surface area (Å²) < 4.78 is 0. The van der Waals surface area contributed by atoms with Crippen molar-refractivity contribution in [2.24, 2.45) is 0 Å². The summed E-state index contributed by atoms with van der Waals surface area (Å²) in [6.45, 7) is 0. The third-order valence-corrected chi connectivity index (χ3v) is 13.8. The molecule has 0 saturated heterocycles. The van der Waals surface area contributed by atoms with Crippen molar-refractivity contribution < 1.29 is 0 Å². The quantitative estimate of drug-likeness (QED) is 0.175. The van der Waals surface area contributed by atoms with E-state index in [1.165, 1.54) is 89.0 Å². The maximum Gasteiger partial charge on any atom is 0.0726 e. The molecule has 5 aliphatic rings. The fraction of sp³-hybridized carbons (Fsp3) is 0.0714. The average Bonchev–Trinajstić information content (AvgIpc) is 3.96. The molecule has 57 heavy (non-hydrogen) atoms. The Labute approximate surface area is 333 Å². The average molecular weight is 724 g/mol. The van der Waals surface area contributed by atoms with E-state index in [9.17, 15) is 0 Å². The zero-order valence-corrected chi connectivity index (χ0v) is 31.4. The van der Waals surface area contributed by atoms with E-state index in [4.69, 9.17) is 0 Å². The van der Waals surface area contributed by atoms with Crippen LogP contribution in [-0.4, -0.2) is 0 Å². The highest BCUT2D eigenvalue weighted by Crippen LogP contribution is 2.65. The summed E-state index contributed by atoms with van der Waals surface area (Å²) in [5, 5.41) is 0. The second-order valence-corrected chi connectivity index (χ2v) is 16.2. The van der Waals surface area contributed by atoms with Gasteiger partial charge in [-0.05, 0) is 138 Å². The van der Waals surface area contributed by atoms with Crippen molar-refractivity contribution in [1.82, 2.24) is 0 Å². The first kappa shape index (κ1) is 31.3. The Morgan fingerprint density at radius 1 is 0.333 bits per heavy atom. The second kappa shape index (κ2) is 11.3. The van der Waals surface area contributed by atoms with Crippen molar-refractivity contribution in [3.05, 3.63) is 250 Å². The van der Waals surface area contributed by atoms with Crippen LogP contribution in [0.3, 0.4) is 0 Å². The second-order valence-electron chi connectivity index (χ2n) is 16.2. The van der Waals surface area contributed by atoms with Gasteiger partial charge in [0, 0.05) is 17.1 Å². The normalized spacial score (nSPS) is 17.8. The van der Waals surface area contributed by atoms with E-state index >= 15 is 0 Å². The lowest BCUT2D eigenvalue weighted by Gasteiger charge is -2.34. The van der Waals surface area contributed by atoms with Crippen LogP contribution in [0.25, 0.3) is 39.0 Å². The fourth-order valence-corrected chi connectivity index (χ4v) is 11.7. The minimum atomic E-state index is -0.412. The van der Waals surface area contributed by atoms with Crippen molar-refractivity contribution in [2.45, 2.75) is 23.7 Å². The molecule has 8 aromatic rings. The van der Waals surface area contributed by atoms with Gasteiger partial charge in [0.25, 0.3) is 0 Å². The van der Waals surface area contributed by atoms with E-state index in [0.29, 0.717) is 0 Å². The lowest BCUT2D eigenvalue weighted by Crippen LogP contribution is -2.27.